The maximum absolute atomic E-state index is 12.2. The summed E-state index contributed by atoms with van der Waals surface area (Å²) < 4.78 is 4.98. The summed E-state index contributed by atoms with van der Waals surface area (Å²) in [5, 5.41) is 21.2. The SMILES string of the molecule is COC(=O)CC1(CCCC(O)CO)CCc2cccc3cccc1c23. The van der Waals surface area contributed by atoms with Gasteiger partial charge in [-0.05, 0) is 54.0 Å². The largest absolute Gasteiger partial charge is 0.469 e. The number of carbonyl (C=O) groups is 1. The van der Waals surface area contributed by atoms with E-state index in [-0.39, 0.29) is 18.0 Å². The fourth-order valence-electron chi connectivity index (χ4n) is 4.23. The number of benzene rings is 2. The van der Waals surface area contributed by atoms with Gasteiger partial charge in [0.15, 0.2) is 0 Å². The molecule has 0 saturated heterocycles. The van der Waals surface area contributed by atoms with E-state index in [9.17, 15) is 9.90 Å². The van der Waals surface area contributed by atoms with Crippen LogP contribution in [0.1, 0.15) is 43.2 Å². The van der Waals surface area contributed by atoms with E-state index in [1.165, 1.54) is 29.0 Å². The molecule has 3 rings (SSSR count). The first-order valence-electron chi connectivity index (χ1n) is 8.96. The first-order valence-corrected chi connectivity index (χ1v) is 8.96. The van der Waals surface area contributed by atoms with E-state index in [4.69, 9.17) is 9.84 Å². The molecular weight excluding hydrogens is 316 g/mol. The normalized spacial score (nSPS) is 20.4. The van der Waals surface area contributed by atoms with Crippen LogP contribution in [0.2, 0.25) is 0 Å². The number of aliphatic hydroxyl groups is 2. The number of rotatable bonds is 7. The van der Waals surface area contributed by atoms with Crippen molar-refractivity contribution in [3.63, 3.8) is 0 Å². The Morgan fingerprint density at radius 3 is 2.76 bits per heavy atom. The number of hydrogen-bond donors (Lipinski definition) is 2. The Bertz CT molecular complexity index is 749. The van der Waals surface area contributed by atoms with Crippen LogP contribution < -0.4 is 0 Å². The molecule has 1 aliphatic rings. The number of ether oxygens (including phenoxy) is 1. The lowest BCUT2D eigenvalue weighted by molar-refractivity contribution is -0.142. The quantitative estimate of drug-likeness (QED) is 0.759. The van der Waals surface area contributed by atoms with Crippen LogP contribution in [0.5, 0.6) is 0 Å². The van der Waals surface area contributed by atoms with E-state index in [2.05, 4.69) is 36.4 Å². The molecule has 0 spiro atoms. The minimum atomic E-state index is -0.693. The molecule has 0 bridgehead atoms. The standard InChI is InChI=1S/C21H26O4/c1-25-19(24)13-21(11-4-8-17(23)14-22)12-10-16-6-2-5-15-7-3-9-18(21)20(15)16/h2-3,5-7,9,17,22-23H,4,8,10-14H2,1H3. The minimum absolute atomic E-state index is 0.195. The number of carbonyl (C=O) groups excluding carboxylic acids is 1. The van der Waals surface area contributed by atoms with Gasteiger partial charge in [-0.15, -0.1) is 0 Å². The molecule has 1 aliphatic carbocycles. The van der Waals surface area contributed by atoms with Gasteiger partial charge in [0.25, 0.3) is 0 Å². The van der Waals surface area contributed by atoms with Crippen molar-refractivity contribution in [1.29, 1.82) is 0 Å². The van der Waals surface area contributed by atoms with Crippen molar-refractivity contribution in [2.24, 2.45) is 0 Å². The summed E-state index contributed by atoms with van der Waals surface area (Å²) in [5.41, 5.74) is 2.29. The van der Waals surface area contributed by atoms with Crippen molar-refractivity contribution in [3.05, 3.63) is 47.5 Å². The predicted molar refractivity (Wildman–Crippen MR) is 97.5 cm³/mol. The van der Waals surface area contributed by atoms with Gasteiger partial charge in [-0.25, -0.2) is 0 Å². The van der Waals surface area contributed by atoms with Gasteiger partial charge in [0.2, 0.25) is 0 Å². The molecule has 0 amide bonds. The maximum atomic E-state index is 12.2. The molecule has 0 aromatic heterocycles. The highest BCUT2D eigenvalue weighted by Gasteiger charge is 2.38. The van der Waals surface area contributed by atoms with Crippen LogP contribution in [0.15, 0.2) is 36.4 Å². The molecule has 0 saturated carbocycles. The zero-order valence-electron chi connectivity index (χ0n) is 14.7. The van der Waals surface area contributed by atoms with E-state index < -0.39 is 6.10 Å². The summed E-state index contributed by atoms with van der Waals surface area (Å²) >= 11 is 0. The minimum Gasteiger partial charge on any atom is -0.469 e. The summed E-state index contributed by atoms with van der Waals surface area (Å²) in [7, 11) is 1.43. The van der Waals surface area contributed by atoms with E-state index in [0.29, 0.717) is 12.8 Å². The topological polar surface area (TPSA) is 66.8 Å². The van der Waals surface area contributed by atoms with Gasteiger partial charge in [0.1, 0.15) is 0 Å². The molecule has 0 radical (unpaired) electrons. The van der Waals surface area contributed by atoms with Gasteiger partial charge in [-0.3, -0.25) is 4.79 Å². The Labute approximate surface area is 148 Å². The van der Waals surface area contributed by atoms with E-state index >= 15 is 0 Å². The third-order valence-electron chi connectivity index (χ3n) is 5.55. The Hall–Kier alpha value is -1.91. The molecule has 0 fully saturated rings. The molecule has 4 heteroatoms. The monoisotopic (exact) mass is 342 g/mol. The highest BCUT2D eigenvalue weighted by molar-refractivity contribution is 5.91. The molecular formula is C21H26O4. The Morgan fingerprint density at radius 2 is 2.04 bits per heavy atom. The Kier molecular flexibility index (Phi) is 5.40. The number of methoxy groups -OCH3 is 1. The van der Waals surface area contributed by atoms with Crippen LogP contribution in [0.3, 0.4) is 0 Å². The highest BCUT2D eigenvalue weighted by Crippen LogP contribution is 2.46. The molecule has 2 aromatic carbocycles. The van der Waals surface area contributed by atoms with Crippen LogP contribution in [-0.4, -0.2) is 36.0 Å². The van der Waals surface area contributed by atoms with Crippen molar-refractivity contribution in [1.82, 2.24) is 0 Å². The van der Waals surface area contributed by atoms with Gasteiger partial charge in [0.05, 0.1) is 26.2 Å². The van der Waals surface area contributed by atoms with Gasteiger partial charge >= 0.3 is 5.97 Å². The Morgan fingerprint density at radius 1 is 1.28 bits per heavy atom. The summed E-state index contributed by atoms with van der Waals surface area (Å²) in [5.74, 6) is -0.195. The lowest BCUT2D eigenvalue weighted by Crippen LogP contribution is -2.34. The van der Waals surface area contributed by atoms with Crippen LogP contribution in [0.25, 0.3) is 10.8 Å². The number of aryl methyl sites for hydroxylation is 1. The summed E-state index contributed by atoms with van der Waals surface area (Å²) in [4.78, 5) is 12.2. The average Bonchev–Trinajstić information content (AvgIpc) is 2.64. The maximum Gasteiger partial charge on any atom is 0.306 e. The van der Waals surface area contributed by atoms with Gasteiger partial charge in [-0.2, -0.15) is 0 Å². The number of aliphatic hydroxyl groups excluding tert-OH is 2. The third-order valence-corrected chi connectivity index (χ3v) is 5.55. The van der Waals surface area contributed by atoms with Crippen LogP contribution in [-0.2, 0) is 21.4 Å². The molecule has 4 nitrogen and oxygen atoms in total. The van der Waals surface area contributed by atoms with Crippen LogP contribution in [0, 0.1) is 0 Å². The summed E-state index contributed by atoms with van der Waals surface area (Å²) in [6.45, 7) is -0.220. The smallest absolute Gasteiger partial charge is 0.306 e. The first-order chi connectivity index (χ1) is 12.1. The van der Waals surface area contributed by atoms with E-state index in [1.54, 1.807) is 0 Å². The van der Waals surface area contributed by atoms with Crippen molar-refractivity contribution >= 4 is 16.7 Å². The zero-order chi connectivity index (χ0) is 17.9. The Balaban J connectivity index is 2.00. The predicted octanol–water partition coefficient (Wildman–Crippen LogP) is 3.11. The molecule has 134 valence electrons. The van der Waals surface area contributed by atoms with Crippen molar-refractivity contribution in [2.75, 3.05) is 13.7 Å². The van der Waals surface area contributed by atoms with E-state index in [0.717, 1.165) is 25.7 Å². The third kappa shape index (κ3) is 3.55. The van der Waals surface area contributed by atoms with Crippen LogP contribution >= 0.6 is 0 Å². The molecule has 2 N–H and O–H groups in total. The molecule has 2 atom stereocenters. The summed E-state index contributed by atoms with van der Waals surface area (Å²) in [6, 6.07) is 12.7. The lowest BCUT2D eigenvalue weighted by Gasteiger charge is -2.39. The zero-order valence-corrected chi connectivity index (χ0v) is 14.7. The van der Waals surface area contributed by atoms with Crippen molar-refractivity contribution in [2.45, 2.75) is 50.0 Å². The van der Waals surface area contributed by atoms with E-state index in [1.807, 2.05) is 0 Å². The molecule has 2 aromatic rings. The second kappa shape index (κ2) is 7.54. The first kappa shape index (κ1) is 17.9. The number of esters is 1. The molecule has 2 unspecified atom stereocenters. The number of hydrogen-bond acceptors (Lipinski definition) is 4. The molecule has 25 heavy (non-hydrogen) atoms. The van der Waals surface area contributed by atoms with Crippen molar-refractivity contribution < 1.29 is 19.7 Å². The fourth-order valence-corrected chi connectivity index (χ4v) is 4.23. The van der Waals surface area contributed by atoms with Crippen LogP contribution in [0.4, 0.5) is 0 Å². The second-order valence-corrected chi connectivity index (χ2v) is 7.08. The fraction of sp³-hybridized carbons (Fsp3) is 0.476. The van der Waals surface area contributed by atoms with Gasteiger partial charge in [0, 0.05) is 5.41 Å². The average molecular weight is 342 g/mol. The molecule has 0 heterocycles. The lowest BCUT2D eigenvalue weighted by atomic mass is 9.65. The molecule has 0 aliphatic heterocycles. The van der Waals surface area contributed by atoms with Crippen molar-refractivity contribution in [3.8, 4) is 0 Å². The summed E-state index contributed by atoms with van der Waals surface area (Å²) in [6.07, 6.45) is 3.59. The highest BCUT2D eigenvalue weighted by atomic mass is 16.5. The van der Waals surface area contributed by atoms with Gasteiger partial charge < -0.3 is 14.9 Å². The second-order valence-electron chi connectivity index (χ2n) is 7.08. The van der Waals surface area contributed by atoms with Gasteiger partial charge in [-0.1, -0.05) is 36.4 Å².